The van der Waals surface area contributed by atoms with E-state index in [2.05, 4.69) is 32.5 Å². The van der Waals surface area contributed by atoms with Crippen LogP contribution < -0.4 is 20.3 Å². The Morgan fingerprint density at radius 1 is 1.22 bits per heavy atom. The fourth-order valence-electron chi connectivity index (χ4n) is 4.18. The van der Waals surface area contributed by atoms with Crippen LogP contribution >= 0.6 is 0 Å². The van der Waals surface area contributed by atoms with Gasteiger partial charge in [-0.1, -0.05) is 18.9 Å². The number of ether oxygens (including phenoxy) is 1. The van der Waals surface area contributed by atoms with Gasteiger partial charge in [0.05, 0.1) is 12.8 Å². The summed E-state index contributed by atoms with van der Waals surface area (Å²) in [5.74, 6) is 2.01. The number of nitrogens with zero attached hydrogens (tertiary/aromatic N) is 4. The molecule has 0 bridgehead atoms. The molecule has 2 heterocycles. The van der Waals surface area contributed by atoms with Crippen LogP contribution in [0.25, 0.3) is 16.5 Å². The predicted molar refractivity (Wildman–Crippen MR) is 130 cm³/mol. The third-order valence-electron chi connectivity index (χ3n) is 5.92. The van der Waals surface area contributed by atoms with Gasteiger partial charge in [-0.05, 0) is 36.6 Å². The Kier molecular flexibility index (Phi) is 6.49. The minimum absolute atomic E-state index is 0.482. The second-order valence-corrected chi connectivity index (χ2v) is 7.89. The molecule has 0 aliphatic heterocycles. The van der Waals surface area contributed by atoms with E-state index in [1.165, 1.54) is 31.9 Å². The molecule has 0 radical (unpaired) electrons. The summed E-state index contributed by atoms with van der Waals surface area (Å²) < 4.78 is 5.59. The van der Waals surface area contributed by atoms with Crippen molar-refractivity contribution in [2.45, 2.75) is 31.7 Å². The van der Waals surface area contributed by atoms with E-state index in [1.54, 1.807) is 20.4 Å². The Morgan fingerprint density at radius 3 is 2.75 bits per heavy atom. The van der Waals surface area contributed by atoms with E-state index in [0.717, 1.165) is 33.5 Å². The molecule has 1 saturated carbocycles. The van der Waals surface area contributed by atoms with Crippen LogP contribution in [0.1, 0.15) is 31.2 Å². The van der Waals surface area contributed by atoms with Crippen LogP contribution in [0.5, 0.6) is 5.75 Å². The van der Waals surface area contributed by atoms with Gasteiger partial charge in [-0.25, -0.2) is 15.0 Å². The van der Waals surface area contributed by atoms with Gasteiger partial charge in [-0.15, -0.1) is 0 Å². The van der Waals surface area contributed by atoms with Crippen LogP contribution in [0, 0.1) is 5.41 Å². The summed E-state index contributed by atoms with van der Waals surface area (Å²) in [4.78, 5) is 16.2. The zero-order valence-electron chi connectivity index (χ0n) is 18.7. The normalized spacial score (nSPS) is 14.4. The highest BCUT2D eigenvalue weighted by atomic mass is 16.5. The molecule has 1 aliphatic rings. The molecule has 0 spiro atoms. The van der Waals surface area contributed by atoms with E-state index in [4.69, 9.17) is 15.1 Å². The summed E-state index contributed by atoms with van der Waals surface area (Å²) >= 11 is 0. The Bertz CT molecular complexity index is 1140. The van der Waals surface area contributed by atoms with E-state index in [1.807, 2.05) is 36.7 Å². The first-order valence-electron chi connectivity index (χ1n) is 10.8. The number of fused-ring (bicyclic) bond motifs is 1. The third-order valence-corrected chi connectivity index (χ3v) is 5.92. The van der Waals surface area contributed by atoms with Gasteiger partial charge >= 0.3 is 0 Å². The molecular weight excluding hydrogens is 402 g/mol. The van der Waals surface area contributed by atoms with Crippen molar-refractivity contribution in [1.29, 1.82) is 5.41 Å². The van der Waals surface area contributed by atoms with Crippen molar-refractivity contribution in [3.05, 3.63) is 48.4 Å². The quantitative estimate of drug-likeness (QED) is 0.456. The molecule has 0 atom stereocenters. The van der Waals surface area contributed by atoms with Crippen molar-refractivity contribution in [2.24, 2.45) is 0 Å². The van der Waals surface area contributed by atoms with E-state index in [-0.39, 0.29) is 0 Å². The number of rotatable bonds is 8. The summed E-state index contributed by atoms with van der Waals surface area (Å²) in [6.07, 6.45) is 11.6. The topological polar surface area (TPSA) is 99.0 Å². The first kappa shape index (κ1) is 21.5. The lowest BCUT2D eigenvalue weighted by molar-refractivity contribution is 0.416. The number of hydrogen-bond acceptors (Lipinski definition) is 8. The molecule has 1 aromatic carbocycles. The molecule has 0 unspecified atom stereocenters. The number of nitrogens with one attached hydrogen (secondary N) is 3. The van der Waals surface area contributed by atoms with Gasteiger partial charge in [0.1, 0.15) is 11.3 Å². The summed E-state index contributed by atoms with van der Waals surface area (Å²) in [6, 6.07) is 8.16. The first-order valence-corrected chi connectivity index (χ1v) is 10.8. The van der Waals surface area contributed by atoms with Crippen LogP contribution in [-0.2, 0) is 0 Å². The molecule has 8 nitrogen and oxygen atoms in total. The Morgan fingerprint density at radius 2 is 2.03 bits per heavy atom. The van der Waals surface area contributed by atoms with Crippen molar-refractivity contribution in [2.75, 3.05) is 31.4 Å². The number of anilines is 3. The standard InChI is InChI=1S/C24H29N7O/c1-26-14-18(13-25)16-8-9-20(21(12-16)32-3)29-24-28-15-17-10-11-27-23(22(17)30-24)31(2)19-6-4-5-7-19/h8-15,19,25-26H,4-7H2,1-3H3,(H,28,29,30)/b18-14+,25-13?. The zero-order valence-corrected chi connectivity index (χ0v) is 18.7. The third kappa shape index (κ3) is 4.34. The van der Waals surface area contributed by atoms with E-state index < -0.39 is 0 Å². The van der Waals surface area contributed by atoms with Crippen molar-refractivity contribution < 1.29 is 4.74 Å². The SMILES string of the molecule is CN/C=C(\C=N)c1ccc(Nc2ncc3ccnc(N(C)C4CCCC4)c3n2)c(OC)c1. The zero-order chi connectivity index (χ0) is 22.5. The number of hydrogen-bond donors (Lipinski definition) is 3. The maximum atomic E-state index is 7.63. The van der Waals surface area contributed by atoms with Crippen LogP contribution in [0.2, 0.25) is 0 Å². The predicted octanol–water partition coefficient (Wildman–Crippen LogP) is 4.37. The average Bonchev–Trinajstić information content (AvgIpc) is 3.37. The Balaban J connectivity index is 1.66. The fourth-order valence-corrected chi connectivity index (χ4v) is 4.18. The summed E-state index contributed by atoms with van der Waals surface area (Å²) in [5, 5.41) is 14.8. The minimum atomic E-state index is 0.482. The van der Waals surface area contributed by atoms with Crippen molar-refractivity contribution in [3.8, 4) is 5.75 Å². The smallest absolute Gasteiger partial charge is 0.227 e. The molecular formula is C24H29N7O. The van der Waals surface area contributed by atoms with Gasteiger partial charge in [0.25, 0.3) is 0 Å². The highest BCUT2D eigenvalue weighted by Gasteiger charge is 2.22. The largest absolute Gasteiger partial charge is 0.495 e. The highest BCUT2D eigenvalue weighted by Crippen LogP contribution is 2.32. The second kappa shape index (κ2) is 9.64. The first-order chi connectivity index (χ1) is 15.6. The highest BCUT2D eigenvalue weighted by molar-refractivity contribution is 6.08. The number of methoxy groups -OCH3 is 1. The fraction of sp³-hybridized carbons (Fsp3) is 0.333. The van der Waals surface area contributed by atoms with E-state index >= 15 is 0 Å². The molecule has 32 heavy (non-hydrogen) atoms. The van der Waals surface area contributed by atoms with E-state index in [9.17, 15) is 0 Å². The monoisotopic (exact) mass is 431 g/mol. The number of allylic oxidation sites excluding steroid dienone is 1. The molecule has 3 N–H and O–H groups in total. The number of pyridine rings is 1. The summed E-state index contributed by atoms with van der Waals surface area (Å²) in [5.41, 5.74) is 3.21. The van der Waals surface area contributed by atoms with Crippen LogP contribution in [0.4, 0.5) is 17.5 Å². The second-order valence-electron chi connectivity index (χ2n) is 7.89. The van der Waals surface area contributed by atoms with Gasteiger partial charge in [0.15, 0.2) is 5.82 Å². The molecule has 0 saturated heterocycles. The maximum Gasteiger partial charge on any atom is 0.227 e. The van der Waals surface area contributed by atoms with E-state index in [0.29, 0.717) is 17.7 Å². The van der Waals surface area contributed by atoms with Gasteiger partial charge in [0.2, 0.25) is 5.95 Å². The van der Waals surface area contributed by atoms with Crippen molar-refractivity contribution in [1.82, 2.24) is 20.3 Å². The molecule has 1 fully saturated rings. The molecule has 2 aromatic heterocycles. The van der Waals surface area contributed by atoms with Gasteiger partial charge < -0.3 is 25.7 Å². The van der Waals surface area contributed by atoms with Crippen LogP contribution in [0.15, 0.2) is 42.9 Å². The van der Waals surface area contributed by atoms with Gasteiger partial charge in [-0.2, -0.15) is 0 Å². The maximum absolute atomic E-state index is 7.63. The van der Waals surface area contributed by atoms with Crippen molar-refractivity contribution >= 4 is 40.1 Å². The number of aromatic nitrogens is 3. The van der Waals surface area contributed by atoms with Crippen molar-refractivity contribution in [3.63, 3.8) is 0 Å². The minimum Gasteiger partial charge on any atom is -0.495 e. The van der Waals surface area contributed by atoms with Crippen LogP contribution in [-0.4, -0.2) is 48.4 Å². The van der Waals surface area contributed by atoms with Crippen LogP contribution in [0.3, 0.4) is 0 Å². The molecule has 3 aromatic rings. The lowest BCUT2D eigenvalue weighted by Crippen LogP contribution is -2.29. The van der Waals surface area contributed by atoms with Gasteiger partial charge in [-0.3, -0.25) is 0 Å². The van der Waals surface area contributed by atoms with Gasteiger partial charge in [0, 0.05) is 55.9 Å². The lowest BCUT2D eigenvalue weighted by atomic mass is 10.1. The average molecular weight is 432 g/mol. The summed E-state index contributed by atoms with van der Waals surface area (Å²) in [7, 11) is 5.53. The lowest BCUT2D eigenvalue weighted by Gasteiger charge is -2.26. The molecule has 166 valence electrons. The molecule has 8 heteroatoms. The number of benzene rings is 1. The Hall–Kier alpha value is -3.68. The summed E-state index contributed by atoms with van der Waals surface area (Å²) in [6.45, 7) is 0. The molecule has 1 aliphatic carbocycles. The molecule has 0 amide bonds. The molecule has 4 rings (SSSR count). The Labute approximate surface area is 188 Å².